The second kappa shape index (κ2) is 5.14. The van der Waals surface area contributed by atoms with Crippen molar-refractivity contribution in [2.75, 3.05) is 5.32 Å². The van der Waals surface area contributed by atoms with Crippen LogP contribution in [0.15, 0.2) is 36.4 Å². The van der Waals surface area contributed by atoms with Crippen molar-refractivity contribution in [2.24, 2.45) is 0 Å². The van der Waals surface area contributed by atoms with E-state index >= 15 is 0 Å². The Hall–Kier alpha value is -2.47. The zero-order chi connectivity index (χ0) is 15.0. The smallest absolute Gasteiger partial charge is 0.259 e. The molecule has 4 nitrogen and oxygen atoms in total. The van der Waals surface area contributed by atoms with Crippen LogP contribution in [0.5, 0.6) is 0 Å². The molecule has 1 heterocycles. The van der Waals surface area contributed by atoms with Gasteiger partial charge in [-0.25, -0.2) is 8.78 Å². The van der Waals surface area contributed by atoms with E-state index in [9.17, 15) is 13.6 Å². The van der Waals surface area contributed by atoms with Gasteiger partial charge in [-0.3, -0.25) is 9.89 Å². The van der Waals surface area contributed by atoms with Crippen LogP contribution in [-0.4, -0.2) is 16.1 Å². The Labute approximate surface area is 122 Å². The minimum absolute atomic E-state index is 0.241. The van der Waals surface area contributed by atoms with E-state index < -0.39 is 23.1 Å². The monoisotopic (exact) mass is 307 g/mol. The van der Waals surface area contributed by atoms with Gasteiger partial charge in [0, 0.05) is 5.39 Å². The first-order valence-corrected chi connectivity index (χ1v) is 6.33. The molecule has 0 aliphatic carbocycles. The molecule has 21 heavy (non-hydrogen) atoms. The van der Waals surface area contributed by atoms with Gasteiger partial charge in [0.25, 0.3) is 5.91 Å². The highest BCUT2D eigenvalue weighted by Gasteiger charge is 2.17. The number of hydrogen-bond acceptors (Lipinski definition) is 2. The van der Waals surface area contributed by atoms with Gasteiger partial charge >= 0.3 is 0 Å². The van der Waals surface area contributed by atoms with Crippen molar-refractivity contribution in [1.29, 1.82) is 0 Å². The summed E-state index contributed by atoms with van der Waals surface area (Å²) in [6.07, 6.45) is 0. The Morgan fingerprint density at radius 1 is 1.19 bits per heavy atom. The Morgan fingerprint density at radius 3 is 2.76 bits per heavy atom. The van der Waals surface area contributed by atoms with Gasteiger partial charge in [0.2, 0.25) is 0 Å². The van der Waals surface area contributed by atoms with Crippen LogP contribution < -0.4 is 5.32 Å². The number of aromatic amines is 1. The molecule has 0 atom stereocenters. The van der Waals surface area contributed by atoms with E-state index in [1.165, 1.54) is 0 Å². The van der Waals surface area contributed by atoms with Crippen molar-refractivity contribution in [2.45, 2.75) is 0 Å². The number of amides is 1. The maximum absolute atomic E-state index is 13.7. The fraction of sp³-hybridized carbons (Fsp3) is 0. The molecule has 2 aromatic carbocycles. The van der Waals surface area contributed by atoms with Gasteiger partial charge in [-0.15, -0.1) is 0 Å². The maximum atomic E-state index is 13.7. The van der Waals surface area contributed by atoms with Crippen molar-refractivity contribution in [1.82, 2.24) is 10.2 Å². The summed E-state index contributed by atoms with van der Waals surface area (Å²) < 4.78 is 27.0. The lowest BCUT2D eigenvalue weighted by Gasteiger charge is -2.05. The number of para-hydroxylation sites is 1. The average molecular weight is 308 g/mol. The van der Waals surface area contributed by atoms with Crippen molar-refractivity contribution < 1.29 is 13.6 Å². The minimum Gasteiger partial charge on any atom is -0.304 e. The normalized spacial score (nSPS) is 10.8. The molecule has 1 amide bonds. The molecule has 0 spiro atoms. The average Bonchev–Trinajstić information content (AvgIpc) is 2.86. The van der Waals surface area contributed by atoms with Crippen molar-refractivity contribution >= 4 is 34.2 Å². The van der Waals surface area contributed by atoms with Gasteiger partial charge in [0.15, 0.2) is 5.82 Å². The minimum atomic E-state index is -0.904. The molecule has 0 fully saturated rings. The second-order valence-corrected chi connectivity index (χ2v) is 4.73. The third-order valence-corrected chi connectivity index (χ3v) is 3.25. The molecule has 3 rings (SSSR count). The summed E-state index contributed by atoms with van der Waals surface area (Å²) in [7, 11) is 0. The number of nitrogens with zero attached hydrogens (tertiary/aromatic N) is 1. The van der Waals surface area contributed by atoms with E-state index in [0.717, 1.165) is 17.6 Å². The molecule has 1 aromatic heterocycles. The van der Waals surface area contributed by atoms with Gasteiger partial charge in [-0.05, 0) is 24.3 Å². The highest BCUT2D eigenvalue weighted by Crippen LogP contribution is 2.23. The number of hydrogen-bond donors (Lipinski definition) is 2. The number of rotatable bonds is 2. The predicted octanol–water partition coefficient (Wildman–Crippen LogP) is 3.75. The summed E-state index contributed by atoms with van der Waals surface area (Å²) >= 11 is 5.45. The van der Waals surface area contributed by atoms with E-state index in [0.29, 0.717) is 5.39 Å². The molecule has 2 N–H and O–H groups in total. The van der Waals surface area contributed by atoms with Crippen LogP contribution in [0.2, 0.25) is 5.02 Å². The molecular formula is C14H8ClF2N3O. The number of benzene rings is 2. The number of carbonyl (C=O) groups is 1. The van der Waals surface area contributed by atoms with Crippen LogP contribution in [0.25, 0.3) is 10.9 Å². The summed E-state index contributed by atoms with van der Waals surface area (Å²) in [6.45, 7) is 0. The molecule has 0 saturated heterocycles. The summed E-state index contributed by atoms with van der Waals surface area (Å²) in [6, 6.07) is 8.61. The number of H-pyrrole nitrogens is 1. The second-order valence-electron chi connectivity index (χ2n) is 4.32. The fourth-order valence-electron chi connectivity index (χ4n) is 1.93. The highest BCUT2D eigenvalue weighted by molar-refractivity contribution is 6.30. The molecule has 7 heteroatoms. The van der Waals surface area contributed by atoms with Gasteiger partial charge < -0.3 is 5.32 Å². The largest absolute Gasteiger partial charge is 0.304 e. The maximum Gasteiger partial charge on any atom is 0.259 e. The van der Waals surface area contributed by atoms with Gasteiger partial charge in [0.1, 0.15) is 11.6 Å². The first-order valence-electron chi connectivity index (χ1n) is 5.95. The van der Waals surface area contributed by atoms with Gasteiger partial charge in [-0.1, -0.05) is 23.7 Å². The Balaban J connectivity index is 1.95. The third kappa shape index (κ3) is 2.45. The molecule has 3 aromatic rings. The van der Waals surface area contributed by atoms with E-state index in [2.05, 4.69) is 15.5 Å². The van der Waals surface area contributed by atoms with Crippen LogP contribution >= 0.6 is 11.6 Å². The standard InChI is InChI=1S/C14H8ClF2N3O/c15-9-6-10(16)8(5-11(9)17)14(21)18-13-7-3-1-2-4-12(7)19-20-13/h1-6H,(H2,18,19,20,21). The van der Waals surface area contributed by atoms with Crippen molar-refractivity contribution in [3.8, 4) is 0 Å². The van der Waals surface area contributed by atoms with E-state index in [1.807, 2.05) is 0 Å². The summed E-state index contributed by atoms with van der Waals surface area (Å²) in [4.78, 5) is 12.0. The van der Waals surface area contributed by atoms with Gasteiger partial charge in [0.05, 0.1) is 16.1 Å². The molecule has 0 saturated carbocycles. The van der Waals surface area contributed by atoms with E-state index in [1.54, 1.807) is 24.3 Å². The number of halogens is 3. The lowest BCUT2D eigenvalue weighted by molar-refractivity contribution is 0.102. The first kappa shape index (κ1) is 13.5. The lowest BCUT2D eigenvalue weighted by Crippen LogP contribution is -2.14. The highest BCUT2D eigenvalue weighted by atomic mass is 35.5. The number of anilines is 1. The molecule has 0 bridgehead atoms. The molecule has 0 radical (unpaired) electrons. The topological polar surface area (TPSA) is 57.8 Å². The van der Waals surface area contributed by atoms with Crippen molar-refractivity contribution in [3.63, 3.8) is 0 Å². The number of nitrogens with one attached hydrogen (secondary N) is 2. The van der Waals surface area contributed by atoms with Gasteiger partial charge in [-0.2, -0.15) is 5.10 Å². The van der Waals surface area contributed by atoms with E-state index in [4.69, 9.17) is 11.6 Å². The molecular weight excluding hydrogens is 300 g/mol. The van der Waals surface area contributed by atoms with Crippen molar-refractivity contribution in [3.05, 3.63) is 58.6 Å². The third-order valence-electron chi connectivity index (χ3n) is 2.96. The first-order chi connectivity index (χ1) is 10.1. The van der Waals surface area contributed by atoms with Crippen LogP contribution in [0.4, 0.5) is 14.6 Å². The summed E-state index contributed by atoms with van der Waals surface area (Å²) in [5, 5.41) is 9.38. The zero-order valence-electron chi connectivity index (χ0n) is 10.5. The molecule has 0 aliphatic heterocycles. The van der Waals surface area contributed by atoms with Crippen LogP contribution in [0.3, 0.4) is 0 Å². The predicted molar refractivity (Wildman–Crippen MR) is 75.4 cm³/mol. The summed E-state index contributed by atoms with van der Waals surface area (Å²) in [5.41, 5.74) is 0.277. The SMILES string of the molecule is O=C(Nc1n[nH]c2ccccc12)c1cc(F)c(Cl)cc1F. The lowest BCUT2D eigenvalue weighted by atomic mass is 10.2. The Bertz CT molecular complexity index is 847. The van der Waals surface area contributed by atoms with Crippen LogP contribution in [-0.2, 0) is 0 Å². The molecule has 106 valence electrons. The Kier molecular flexibility index (Phi) is 3.31. The van der Waals surface area contributed by atoms with Crippen LogP contribution in [0.1, 0.15) is 10.4 Å². The quantitative estimate of drug-likeness (QED) is 0.708. The number of carbonyl (C=O) groups excluding carboxylic acids is 1. The number of fused-ring (bicyclic) bond motifs is 1. The van der Waals surface area contributed by atoms with Crippen LogP contribution in [0, 0.1) is 11.6 Å². The Morgan fingerprint density at radius 2 is 1.95 bits per heavy atom. The molecule has 0 aliphatic rings. The van der Waals surface area contributed by atoms with E-state index in [-0.39, 0.29) is 10.8 Å². The molecule has 0 unspecified atom stereocenters. The summed E-state index contributed by atoms with van der Waals surface area (Å²) in [5.74, 6) is -2.33. The zero-order valence-corrected chi connectivity index (χ0v) is 11.2. The fourth-order valence-corrected chi connectivity index (χ4v) is 2.08. The number of aromatic nitrogens is 2.